The summed E-state index contributed by atoms with van der Waals surface area (Å²) in [5.74, 6) is -1.29. The van der Waals surface area contributed by atoms with Crippen LogP contribution in [0.25, 0.3) is 0 Å². The lowest BCUT2D eigenvalue weighted by molar-refractivity contribution is -0.233. The van der Waals surface area contributed by atoms with Gasteiger partial charge in [0, 0.05) is 18.8 Å². The number of aliphatic hydroxyl groups excluding tert-OH is 20. The first-order valence-corrected chi connectivity index (χ1v) is 33.6. The van der Waals surface area contributed by atoms with Crippen LogP contribution in [-0.2, 0) is 9.47 Å². The summed E-state index contributed by atoms with van der Waals surface area (Å²) in [6.45, 7) is 12.1. The number of unbranched alkanes of at least 4 members (excludes halogenated alkanes) is 2. The minimum atomic E-state index is -1.71. The highest BCUT2D eigenvalue weighted by Crippen LogP contribution is 2.34. The Labute approximate surface area is 551 Å². The number of aliphatic hydroxyl groups is 20. The van der Waals surface area contributed by atoms with Crippen molar-refractivity contribution >= 4 is 0 Å². The predicted octanol–water partition coefficient (Wildman–Crippen LogP) is 2.81. The van der Waals surface area contributed by atoms with E-state index in [9.17, 15) is 97.0 Å². The molecule has 0 amide bonds. The van der Waals surface area contributed by atoms with Crippen molar-refractivity contribution in [3.8, 4) is 0 Å². The van der Waals surface area contributed by atoms with E-state index in [4.69, 9.17) is 14.6 Å². The van der Waals surface area contributed by atoms with E-state index in [1.54, 1.807) is 51.2 Å². The van der Waals surface area contributed by atoms with Gasteiger partial charge in [0.1, 0.15) is 54.9 Å². The Hall–Kier alpha value is -3.48. The van der Waals surface area contributed by atoms with E-state index in [2.05, 4.69) is 19.2 Å². The molecule has 2 heterocycles. The van der Waals surface area contributed by atoms with Crippen LogP contribution in [0.1, 0.15) is 162 Å². The summed E-state index contributed by atoms with van der Waals surface area (Å²) in [6, 6.07) is 0. The van der Waals surface area contributed by atoms with Gasteiger partial charge < -0.3 is 112 Å². The summed E-state index contributed by atoms with van der Waals surface area (Å²) < 4.78 is 11.8. The van der Waals surface area contributed by atoms with Crippen LogP contribution in [0.4, 0.5) is 0 Å². The molecule has 2 aliphatic rings. The second-order valence-corrected chi connectivity index (χ2v) is 25.8. The number of ether oxygens (including phenoxy) is 2. The first-order chi connectivity index (χ1) is 44.1. The van der Waals surface area contributed by atoms with Crippen LogP contribution in [-0.4, -0.2) is 249 Å². The molecule has 25 atom stereocenters. The maximum atomic E-state index is 11.3. The van der Waals surface area contributed by atoms with Crippen molar-refractivity contribution in [1.82, 2.24) is 0 Å². The average Bonchev–Trinajstić information content (AvgIpc) is 0.848. The minimum Gasteiger partial charge on any atom is -0.394 e. The molecule has 22 nitrogen and oxygen atoms in total. The topological polar surface area (TPSA) is 423 Å². The molecule has 25 unspecified atom stereocenters. The quantitative estimate of drug-likeness (QED) is 0.0236. The highest BCUT2D eigenvalue weighted by atomic mass is 16.6. The molecule has 93 heavy (non-hydrogen) atoms. The van der Waals surface area contributed by atoms with E-state index in [-0.39, 0.29) is 76.4 Å². The second-order valence-electron chi connectivity index (χ2n) is 25.8. The molecule has 0 radical (unpaired) electrons. The highest BCUT2D eigenvalue weighted by Gasteiger charge is 2.47. The summed E-state index contributed by atoms with van der Waals surface area (Å²) in [4.78, 5) is 0. The van der Waals surface area contributed by atoms with Gasteiger partial charge in [-0.1, -0.05) is 130 Å². The normalized spacial score (nSPS) is 26.9. The van der Waals surface area contributed by atoms with Crippen LogP contribution in [0.2, 0.25) is 0 Å². The second kappa shape index (κ2) is 48.3. The number of hydrogen-bond acceptors (Lipinski definition) is 22. The molecule has 0 bridgehead atoms. The van der Waals surface area contributed by atoms with Crippen molar-refractivity contribution in [3.63, 3.8) is 0 Å². The van der Waals surface area contributed by atoms with Crippen molar-refractivity contribution in [3.05, 3.63) is 122 Å². The molecule has 536 valence electrons. The summed E-state index contributed by atoms with van der Waals surface area (Å²) in [5, 5.41) is 213. The zero-order valence-electron chi connectivity index (χ0n) is 55.1. The summed E-state index contributed by atoms with van der Waals surface area (Å²) >= 11 is 0. The minimum absolute atomic E-state index is 0.0559. The Bertz CT molecular complexity index is 2240. The first kappa shape index (κ1) is 85.6. The molecule has 2 aliphatic heterocycles. The Morgan fingerprint density at radius 1 is 0.516 bits per heavy atom. The molecule has 2 rings (SSSR count). The number of allylic oxidation sites excluding steroid dienone is 11. The predicted molar refractivity (Wildman–Crippen MR) is 356 cm³/mol. The fraction of sp³-hybridized carbons (Fsp3) is 0.718. The largest absolute Gasteiger partial charge is 0.394 e. The fourth-order valence-corrected chi connectivity index (χ4v) is 11.3. The lowest BCUT2D eigenvalue weighted by Crippen LogP contribution is -2.59. The van der Waals surface area contributed by atoms with Gasteiger partial charge in [-0.2, -0.15) is 0 Å². The fourth-order valence-electron chi connectivity index (χ4n) is 11.3. The zero-order valence-corrected chi connectivity index (χ0v) is 55.1. The van der Waals surface area contributed by atoms with Gasteiger partial charge in [0.25, 0.3) is 0 Å². The molecule has 0 saturated carbocycles. The van der Waals surface area contributed by atoms with E-state index >= 15 is 0 Å². The number of rotatable bonds is 49. The molecule has 2 saturated heterocycles. The van der Waals surface area contributed by atoms with E-state index in [1.807, 2.05) is 42.5 Å². The van der Waals surface area contributed by atoms with Crippen LogP contribution < -0.4 is 0 Å². The van der Waals surface area contributed by atoms with Gasteiger partial charge in [0.15, 0.2) is 0 Å². The Balaban J connectivity index is 1.77. The van der Waals surface area contributed by atoms with Crippen LogP contribution in [0, 0.1) is 11.8 Å². The Kier molecular flexibility index (Phi) is 44.4. The molecular formula is C71H120O22. The van der Waals surface area contributed by atoms with Crippen molar-refractivity contribution in [2.75, 3.05) is 6.61 Å². The van der Waals surface area contributed by atoms with Crippen LogP contribution in [0.5, 0.6) is 0 Å². The van der Waals surface area contributed by atoms with Gasteiger partial charge in [0.05, 0.1) is 92.1 Å². The molecule has 0 aromatic carbocycles. The van der Waals surface area contributed by atoms with Gasteiger partial charge in [-0.15, -0.1) is 0 Å². The molecular weight excluding hydrogens is 1200 g/mol. The molecule has 0 spiro atoms. The molecule has 20 N–H and O–H groups in total. The van der Waals surface area contributed by atoms with Crippen molar-refractivity contribution in [2.24, 2.45) is 11.8 Å². The highest BCUT2D eigenvalue weighted by molar-refractivity contribution is 5.13. The van der Waals surface area contributed by atoms with Crippen LogP contribution in [0.3, 0.4) is 0 Å². The lowest BCUT2D eigenvalue weighted by atomic mass is 9.84. The van der Waals surface area contributed by atoms with Crippen molar-refractivity contribution in [1.29, 1.82) is 0 Å². The molecule has 0 aromatic rings. The van der Waals surface area contributed by atoms with Crippen LogP contribution >= 0.6 is 0 Å². The standard InChI is InChI=1S/C71H120O22/c1-6-7-8-9-10-11-12-13-14-15-16-17-18-19-34-57(81)66(88)71-68(90)60(84)43-62(93-71)69(91)63(85)46(3)37-39-56(80)61-41-47(4)64(86)70(92-61)67(89)58(82)40-45(2)36-38-53(77)42-59(83)65(87)48(5)55(79)35-24-32-52(76)30-22-28-50(74)26-20-25-49(73)27-21-29-51(75)31-23-33-54(78)44-72/h6-8,11-16,19,21,23,27,31,34,40,47-91H,1,3,9-10,17-18,20,22,24-26,28-30,32-33,35-39,41-44H2,2,4-5H3/b8-7+,12-11+,14-13+,16-15+,27-21+,31-23+,34-19+,45-40+. The summed E-state index contributed by atoms with van der Waals surface area (Å²) in [7, 11) is 0. The molecule has 0 aliphatic carbocycles. The van der Waals surface area contributed by atoms with E-state index < -0.39 is 152 Å². The monoisotopic (exact) mass is 1320 g/mol. The first-order valence-electron chi connectivity index (χ1n) is 33.6. The number of hydrogen-bond donors (Lipinski definition) is 20. The third-order valence-electron chi connectivity index (χ3n) is 17.5. The maximum absolute atomic E-state index is 11.3. The Morgan fingerprint density at radius 3 is 1.67 bits per heavy atom. The molecule has 22 heteroatoms. The smallest absolute Gasteiger partial charge is 0.115 e. The van der Waals surface area contributed by atoms with Crippen molar-refractivity contribution in [2.45, 2.75) is 302 Å². The SMILES string of the molecule is C=C/C=C/CC/C=C/C=C/C=C/CC/C=C/C(O)C(O)C1OC(C(O)C(O)C(=C)CCC(O)C2CC(C)C(O)C(C(O)C(O)/C=C(\C)CCC(O)CC(O)C(O)C(C)C(O)CCCC(O)CCCC(O)CCCC(O)/C=C/CC(O)/C=C/CC(O)CO)O2)CC(O)C1O. The van der Waals surface area contributed by atoms with Crippen molar-refractivity contribution < 1.29 is 112 Å². The maximum Gasteiger partial charge on any atom is 0.115 e. The Morgan fingerprint density at radius 2 is 1.05 bits per heavy atom. The average molecular weight is 1330 g/mol. The third kappa shape index (κ3) is 34.5. The molecule has 0 aromatic heterocycles. The summed E-state index contributed by atoms with van der Waals surface area (Å²) in [5.41, 5.74) is 0.606. The zero-order chi connectivity index (χ0) is 69.6. The lowest BCUT2D eigenvalue weighted by Gasteiger charge is -2.43. The van der Waals surface area contributed by atoms with E-state index in [0.29, 0.717) is 69.8 Å². The third-order valence-corrected chi connectivity index (χ3v) is 17.5. The van der Waals surface area contributed by atoms with E-state index in [0.717, 1.165) is 12.8 Å². The molecule has 2 fully saturated rings. The van der Waals surface area contributed by atoms with Gasteiger partial charge in [-0.05, 0) is 147 Å². The van der Waals surface area contributed by atoms with Gasteiger partial charge >= 0.3 is 0 Å². The summed E-state index contributed by atoms with van der Waals surface area (Å²) in [6.07, 6.45) is 6.07. The van der Waals surface area contributed by atoms with Crippen LogP contribution in [0.15, 0.2) is 122 Å². The van der Waals surface area contributed by atoms with E-state index in [1.165, 1.54) is 18.2 Å². The van der Waals surface area contributed by atoms with Gasteiger partial charge in [-0.25, -0.2) is 0 Å². The van der Waals surface area contributed by atoms with Gasteiger partial charge in [0.2, 0.25) is 0 Å². The van der Waals surface area contributed by atoms with Gasteiger partial charge in [-0.3, -0.25) is 0 Å².